The number of hydrogen-bond donors (Lipinski definition) is 1. The van der Waals surface area contributed by atoms with Crippen LogP contribution in [0.4, 0.5) is 0 Å². The zero-order chi connectivity index (χ0) is 12.8. The summed E-state index contributed by atoms with van der Waals surface area (Å²) in [5, 5.41) is 14.8. The van der Waals surface area contributed by atoms with Crippen LogP contribution in [-0.4, -0.2) is 11.7 Å². The van der Waals surface area contributed by atoms with Crippen molar-refractivity contribution in [3.63, 3.8) is 0 Å². The second-order valence-corrected chi connectivity index (χ2v) is 5.02. The molecule has 2 heteroatoms. The Kier molecular flexibility index (Phi) is 2.26. The SMILES string of the molecule is OC1CCOc2c1ccc1c2ccc2ccccc21. The smallest absolute Gasteiger partial charge is 0.132 e. The maximum absolute atomic E-state index is 10.1. The summed E-state index contributed by atoms with van der Waals surface area (Å²) < 4.78 is 5.80. The topological polar surface area (TPSA) is 29.5 Å². The van der Waals surface area contributed by atoms with Crippen LogP contribution in [0.3, 0.4) is 0 Å². The molecule has 1 aliphatic rings. The second kappa shape index (κ2) is 3.97. The van der Waals surface area contributed by atoms with Crippen LogP contribution in [-0.2, 0) is 0 Å². The Morgan fingerprint density at radius 2 is 1.74 bits per heavy atom. The van der Waals surface area contributed by atoms with Crippen LogP contribution in [0.1, 0.15) is 18.1 Å². The molecule has 1 atom stereocenters. The van der Waals surface area contributed by atoms with E-state index in [-0.39, 0.29) is 0 Å². The molecule has 1 unspecified atom stereocenters. The number of aliphatic hydroxyl groups is 1. The first-order valence-corrected chi connectivity index (χ1v) is 6.60. The maximum Gasteiger partial charge on any atom is 0.132 e. The van der Waals surface area contributed by atoms with Crippen LogP contribution in [0.2, 0.25) is 0 Å². The molecule has 0 aliphatic carbocycles. The van der Waals surface area contributed by atoms with Crippen molar-refractivity contribution in [1.82, 2.24) is 0 Å². The highest BCUT2D eigenvalue weighted by molar-refractivity contribution is 6.09. The lowest BCUT2D eigenvalue weighted by molar-refractivity contribution is 0.116. The summed E-state index contributed by atoms with van der Waals surface area (Å²) in [7, 11) is 0. The molecule has 3 aromatic rings. The Morgan fingerprint density at radius 3 is 2.68 bits per heavy atom. The number of rotatable bonds is 0. The fourth-order valence-electron chi connectivity index (χ4n) is 2.93. The van der Waals surface area contributed by atoms with E-state index in [4.69, 9.17) is 4.74 Å². The fraction of sp³-hybridized carbons (Fsp3) is 0.176. The minimum atomic E-state index is -0.403. The average Bonchev–Trinajstić information content (AvgIpc) is 2.47. The largest absolute Gasteiger partial charge is 0.492 e. The van der Waals surface area contributed by atoms with Crippen molar-refractivity contribution >= 4 is 21.5 Å². The molecular formula is C17H14O2. The van der Waals surface area contributed by atoms with E-state index in [2.05, 4.69) is 36.4 Å². The van der Waals surface area contributed by atoms with Gasteiger partial charge in [-0.1, -0.05) is 48.5 Å². The van der Waals surface area contributed by atoms with E-state index in [9.17, 15) is 5.11 Å². The van der Waals surface area contributed by atoms with Crippen LogP contribution >= 0.6 is 0 Å². The van der Waals surface area contributed by atoms with Crippen molar-refractivity contribution in [2.24, 2.45) is 0 Å². The number of fused-ring (bicyclic) bond motifs is 5. The van der Waals surface area contributed by atoms with Crippen molar-refractivity contribution in [2.45, 2.75) is 12.5 Å². The summed E-state index contributed by atoms with van der Waals surface area (Å²) >= 11 is 0. The molecule has 0 spiro atoms. The minimum absolute atomic E-state index is 0.403. The highest BCUT2D eigenvalue weighted by Crippen LogP contribution is 2.40. The summed E-state index contributed by atoms with van der Waals surface area (Å²) in [5.74, 6) is 0.849. The van der Waals surface area contributed by atoms with E-state index in [0.717, 1.165) is 16.7 Å². The van der Waals surface area contributed by atoms with Gasteiger partial charge < -0.3 is 9.84 Å². The standard InChI is InChI=1S/C17H14O2/c18-16-9-10-19-17-14-6-5-11-3-1-2-4-12(11)13(14)7-8-15(16)17/h1-8,16,18H,9-10H2. The lowest BCUT2D eigenvalue weighted by atomic mass is 9.95. The first-order valence-electron chi connectivity index (χ1n) is 6.60. The normalized spacial score (nSPS) is 18.3. The molecule has 0 bridgehead atoms. The van der Waals surface area contributed by atoms with Crippen molar-refractivity contribution in [3.8, 4) is 5.75 Å². The number of benzene rings is 3. The van der Waals surface area contributed by atoms with Crippen LogP contribution in [0.25, 0.3) is 21.5 Å². The highest BCUT2D eigenvalue weighted by Gasteiger charge is 2.21. The van der Waals surface area contributed by atoms with Gasteiger partial charge in [-0.25, -0.2) is 0 Å². The Hall–Kier alpha value is -2.06. The summed E-state index contributed by atoms with van der Waals surface area (Å²) in [4.78, 5) is 0. The molecule has 0 amide bonds. The molecule has 0 saturated heterocycles. The molecule has 0 radical (unpaired) electrons. The average molecular weight is 250 g/mol. The van der Waals surface area contributed by atoms with Gasteiger partial charge in [0.2, 0.25) is 0 Å². The molecule has 2 nitrogen and oxygen atoms in total. The van der Waals surface area contributed by atoms with Crippen molar-refractivity contribution in [2.75, 3.05) is 6.61 Å². The van der Waals surface area contributed by atoms with Crippen LogP contribution in [0.15, 0.2) is 48.5 Å². The van der Waals surface area contributed by atoms with E-state index in [0.29, 0.717) is 13.0 Å². The third-order valence-electron chi connectivity index (χ3n) is 3.90. The Morgan fingerprint density at radius 1 is 0.895 bits per heavy atom. The highest BCUT2D eigenvalue weighted by atomic mass is 16.5. The monoisotopic (exact) mass is 250 g/mol. The lowest BCUT2D eigenvalue weighted by Crippen LogP contribution is -2.13. The van der Waals surface area contributed by atoms with E-state index in [1.165, 1.54) is 16.2 Å². The van der Waals surface area contributed by atoms with Gasteiger partial charge in [0, 0.05) is 17.4 Å². The zero-order valence-electron chi connectivity index (χ0n) is 10.5. The Balaban J connectivity index is 2.13. The molecule has 1 heterocycles. The Labute approximate surface area is 111 Å². The first-order chi connectivity index (χ1) is 9.34. The molecule has 1 N–H and O–H groups in total. The summed E-state index contributed by atoms with van der Waals surface area (Å²) in [5.41, 5.74) is 0.911. The quantitative estimate of drug-likeness (QED) is 0.615. The van der Waals surface area contributed by atoms with Crippen LogP contribution in [0, 0.1) is 0 Å². The van der Waals surface area contributed by atoms with E-state index in [1.807, 2.05) is 12.1 Å². The van der Waals surface area contributed by atoms with Gasteiger partial charge in [-0.05, 0) is 16.2 Å². The molecule has 1 aliphatic heterocycles. The number of ether oxygens (including phenoxy) is 1. The Bertz CT molecular complexity index is 777. The third kappa shape index (κ3) is 1.53. The van der Waals surface area contributed by atoms with Crippen molar-refractivity contribution in [3.05, 3.63) is 54.1 Å². The molecule has 0 fully saturated rings. The van der Waals surface area contributed by atoms with Gasteiger partial charge in [0.05, 0.1) is 12.7 Å². The van der Waals surface area contributed by atoms with Crippen molar-refractivity contribution < 1.29 is 9.84 Å². The third-order valence-corrected chi connectivity index (χ3v) is 3.90. The number of hydrogen-bond acceptors (Lipinski definition) is 2. The molecule has 3 aromatic carbocycles. The number of aliphatic hydroxyl groups excluding tert-OH is 1. The fourth-order valence-corrected chi connectivity index (χ4v) is 2.93. The van der Waals surface area contributed by atoms with Gasteiger partial charge in [0.1, 0.15) is 5.75 Å². The molecule has 94 valence electrons. The summed E-state index contributed by atoms with van der Waals surface area (Å²) in [6.07, 6.45) is 0.270. The molecular weight excluding hydrogens is 236 g/mol. The minimum Gasteiger partial charge on any atom is -0.492 e. The second-order valence-electron chi connectivity index (χ2n) is 5.02. The van der Waals surface area contributed by atoms with Crippen LogP contribution in [0.5, 0.6) is 5.75 Å². The summed E-state index contributed by atoms with van der Waals surface area (Å²) in [6.45, 7) is 0.583. The molecule has 0 aromatic heterocycles. The predicted molar refractivity (Wildman–Crippen MR) is 76.5 cm³/mol. The van der Waals surface area contributed by atoms with E-state index in [1.54, 1.807) is 0 Å². The maximum atomic E-state index is 10.1. The van der Waals surface area contributed by atoms with Gasteiger partial charge in [-0.3, -0.25) is 0 Å². The van der Waals surface area contributed by atoms with E-state index < -0.39 is 6.10 Å². The van der Waals surface area contributed by atoms with Crippen molar-refractivity contribution in [1.29, 1.82) is 0 Å². The zero-order valence-corrected chi connectivity index (χ0v) is 10.5. The predicted octanol–water partition coefficient (Wildman–Crippen LogP) is 3.81. The molecule has 19 heavy (non-hydrogen) atoms. The van der Waals surface area contributed by atoms with Gasteiger partial charge >= 0.3 is 0 Å². The van der Waals surface area contributed by atoms with Gasteiger partial charge in [0.15, 0.2) is 0 Å². The van der Waals surface area contributed by atoms with Gasteiger partial charge in [-0.2, -0.15) is 0 Å². The summed E-state index contributed by atoms with van der Waals surface area (Å²) in [6, 6.07) is 16.6. The van der Waals surface area contributed by atoms with E-state index >= 15 is 0 Å². The van der Waals surface area contributed by atoms with Gasteiger partial charge in [0.25, 0.3) is 0 Å². The van der Waals surface area contributed by atoms with Crippen LogP contribution < -0.4 is 4.74 Å². The first kappa shape index (κ1) is 10.8. The molecule has 4 rings (SSSR count). The van der Waals surface area contributed by atoms with Gasteiger partial charge in [-0.15, -0.1) is 0 Å². The molecule has 0 saturated carbocycles. The lowest BCUT2D eigenvalue weighted by Gasteiger charge is -2.23.